The maximum Gasteiger partial charge on any atom is 0.260 e. The molecule has 1 amide bonds. The fraction of sp³-hybridized carbons (Fsp3) is 0.188. The number of rotatable bonds is 4. The van der Waals surface area contributed by atoms with Crippen LogP contribution in [0.2, 0.25) is 10.0 Å². The van der Waals surface area contributed by atoms with Gasteiger partial charge in [-0.15, -0.1) is 11.3 Å². The molecule has 0 fully saturated rings. The number of aryl methyl sites for hydroxylation is 2. The van der Waals surface area contributed by atoms with Gasteiger partial charge in [-0.05, 0) is 37.6 Å². The number of carbonyl (C=O) groups is 1. The molecule has 25 heavy (non-hydrogen) atoms. The van der Waals surface area contributed by atoms with Crippen molar-refractivity contribution in [3.8, 4) is 0 Å². The first-order chi connectivity index (χ1) is 11.8. The molecule has 0 saturated carbocycles. The Balaban J connectivity index is 1.72. The van der Waals surface area contributed by atoms with Gasteiger partial charge in [0.2, 0.25) is 5.91 Å². The van der Waals surface area contributed by atoms with Crippen LogP contribution in [0.15, 0.2) is 28.2 Å². The summed E-state index contributed by atoms with van der Waals surface area (Å²) in [5.41, 5.74) is 1.28. The fourth-order valence-corrected chi connectivity index (χ4v) is 4.53. The highest BCUT2D eigenvalue weighted by atomic mass is 35.5. The minimum atomic E-state index is -0.246. The Morgan fingerprint density at radius 3 is 2.64 bits per heavy atom. The molecule has 3 aromatic rings. The second kappa shape index (κ2) is 7.37. The van der Waals surface area contributed by atoms with Gasteiger partial charge in [-0.2, -0.15) is 0 Å². The third-order valence-electron chi connectivity index (χ3n) is 3.50. The van der Waals surface area contributed by atoms with E-state index in [0.717, 1.165) is 22.2 Å². The van der Waals surface area contributed by atoms with Crippen LogP contribution >= 0.6 is 46.3 Å². The molecule has 0 radical (unpaired) electrons. The van der Waals surface area contributed by atoms with Crippen molar-refractivity contribution in [1.82, 2.24) is 9.97 Å². The zero-order chi connectivity index (χ0) is 18.1. The number of carbonyl (C=O) groups excluding carboxylic acids is 1. The Bertz CT molecular complexity index is 1010. The van der Waals surface area contributed by atoms with E-state index in [1.165, 1.54) is 11.3 Å². The Hall–Kier alpha value is -1.54. The normalized spacial score (nSPS) is 11.0. The summed E-state index contributed by atoms with van der Waals surface area (Å²) in [6, 6.07) is 4.81. The topological polar surface area (TPSA) is 74.8 Å². The smallest absolute Gasteiger partial charge is 0.260 e. The van der Waals surface area contributed by atoms with Crippen LogP contribution in [0, 0.1) is 13.8 Å². The molecule has 2 N–H and O–H groups in total. The minimum Gasteiger partial charge on any atom is -0.325 e. The van der Waals surface area contributed by atoms with Crippen LogP contribution < -0.4 is 10.9 Å². The number of halogens is 2. The first kappa shape index (κ1) is 18.3. The molecule has 0 unspecified atom stereocenters. The molecule has 0 saturated heterocycles. The van der Waals surface area contributed by atoms with Crippen LogP contribution in [-0.4, -0.2) is 21.6 Å². The van der Waals surface area contributed by atoms with Crippen LogP contribution in [0.4, 0.5) is 5.69 Å². The quantitative estimate of drug-likeness (QED) is 0.482. The Labute approximate surface area is 161 Å². The van der Waals surface area contributed by atoms with Gasteiger partial charge < -0.3 is 10.3 Å². The lowest BCUT2D eigenvalue weighted by molar-refractivity contribution is -0.113. The van der Waals surface area contributed by atoms with Crippen molar-refractivity contribution in [3.63, 3.8) is 0 Å². The standard InChI is InChI=1S/C16H13Cl2N3O2S2/c1-7-8(2)25-15-13(7)14(23)20-16(21-15)24-6-12(22)19-11-4-9(17)3-10(18)5-11/h3-5H,6H2,1-2H3,(H,19,22)(H,20,21,23). The maximum atomic E-state index is 12.2. The third-order valence-corrected chi connectivity index (χ3v) is 5.91. The molecule has 9 heteroatoms. The van der Waals surface area contributed by atoms with Crippen molar-refractivity contribution < 1.29 is 4.79 Å². The number of nitrogens with zero attached hydrogens (tertiary/aromatic N) is 1. The van der Waals surface area contributed by atoms with Crippen molar-refractivity contribution in [2.75, 3.05) is 11.1 Å². The average molecular weight is 414 g/mol. The summed E-state index contributed by atoms with van der Waals surface area (Å²) in [6.45, 7) is 3.86. The summed E-state index contributed by atoms with van der Waals surface area (Å²) in [5, 5.41) is 4.62. The number of aromatic amines is 1. The van der Waals surface area contributed by atoms with Crippen LogP contribution in [0.25, 0.3) is 10.2 Å². The molecule has 1 aromatic carbocycles. The first-order valence-corrected chi connectivity index (χ1v) is 9.78. The highest BCUT2D eigenvalue weighted by molar-refractivity contribution is 7.99. The third kappa shape index (κ3) is 4.17. The maximum absolute atomic E-state index is 12.2. The van der Waals surface area contributed by atoms with Gasteiger partial charge in [0.05, 0.1) is 11.1 Å². The number of thioether (sulfide) groups is 1. The van der Waals surface area contributed by atoms with E-state index in [1.807, 2.05) is 13.8 Å². The molecule has 2 aromatic heterocycles. The molecule has 0 aliphatic rings. The molecule has 0 aliphatic heterocycles. The van der Waals surface area contributed by atoms with Crippen molar-refractivity contribution in [1.29, 1.82) is 0 Å². The summed E-state index contributed by atoms with van der Waals surface area (Å²) in [4.78, 5) is 33.2. The van der Waals surface area contributed by atoms with Crippen LogP contribution in [0.1, 0.15) is 10.4 Å². The minimum absolute atomic E-state index is 0.0991. The van der Waals surface area contributed by atoms with Gasteiger partial charge in [0, 0.05) is 20.6 Å². The van der Waals surface area contributed by atoms with E-state index in [-0.39, 0.29) is 17.2 Å². The summed E-state index contributed by atoms with van der Waals surface area (Å²) in [7, 11) is 0. The molecule has 5 nitrogen and oxygen atoms in total. The predicted octanol–water partition coefficient (Wildman–Crippen LogP) is 4.64. The zero-order valence-electron chi connectivity index (χ0n) is 13.3. The van der Waals surface area contributed by atoms with Gasteiger partial charge in [-0.1, -0.05) is 35.0 Å². The summed E-state index contributed by atoms with van der Waals surface area (Å²) in [6.07, 6.45) is 0. The lowest BCUT2D eigenvalue weighted by atomic mass is 10.2. The molecule has 2 heterocycles. The molecular formula is C16H13Cl2N3O2S2. The second-order valence-corrected chi connectivity index (χ2v) is 8.37. The van der Waals surface area contributed by atoms with Gasteiger partial charge in [-0.3, -0.25) is 9.59 Å². The number of amides is 1. The highest BCUT2D eigenvalue weighted by Gasteiger charge is 2.13. The highest BCUT2D eigenvalue weighted by Crippen LogP contribution is 2.27. The van der Waals surface area contributed by atoms with Gasteiger partial charge in [0.25, 0.3) is 5.56 Å². The molecule has 0 atom stereocenters. The molecule has 0 bridgehead atoms. The Kier molecular flexibility index (Phi) is 5.38. The number of thiophene rings is 1. The van der Waals surface area contributed by atoms with Gasteiger partial charge >= 0.3 is 0 Å². The average Bonchev–Trinajstić information content (AvgIpc) is 2.79. The number of fused-ring (bicyclic) bond motifs is 1. The number of hydrogen-bond donors (Lipinski definition) is 2. The van der Waals surface area contributed by atoms with E-state index in [4.69, 9.17) is 23.2 Å². The zero-order valence-corrected chi connectivity index (χ0v) is 16.4. The molecule has 130 valence electrons. The van der Waals surface area contributed by atoms with Crippen molar-refractivity contribution >= 4 is 68.1 Å². The van der Waals surface area contributed by atoms with Crippen LogP contribution in [0.5, 0.6) is 0 Å². The lowest BCUT2D eigenvalue weighted by Crippen LogP contribution is -2.15. The van der Waals surface area contributed by atoms with Crippen LogP contribution in [0.3, 0.4) is 0 Å². The monoisotopic (exact) mass is 413 g/mol. The van der Waals surface area contributed by atoms with Crippen LogP contribution in [-0.2, 0) is 4.79 Å². The Morgan fingerprint density at radius 1 is 1.28 bits per heavy atom. The number of anilines is 1. The Morgan fingerprint density at radius 2 is 1.96 bits per heavy atom. The first-order valence-electron chi connectivity index (χ1n) is 7.22. The lowest BCUT2D eigenvalue weighted by Gasteiger charge is -2.06. The summed E-state index contributed by atoms with van der Waals surface area (Å²) < 4.78 is 0. The molecule has 0 aliphatic carbocycles. The largest absolute Gasteiger partial charge is 0.325 e. The molecular weight excluding hydrogens is 401 g/mol. The summed E-state index contributed by atoms with van der Waals surface area (Å²) >= 11 is 14.4. The van der Waals surface area contributed by atoms with Crippen molar-refractivity contribution in [3.05, 3.63) is 49.0 Å². The molecule has 3 rings (SSSR count). The predicted molar refractivity (Wildman–Crippen MR) is 106 cm³/mol. The molecule has 0 spiro atoms. The van der Waals surface area contributed by atoms with E-state index in [0.29, 0.717) is 31.1 Å². The van der Waals surface area contributed by atoms with E-state index in [1.54, 1.807) is 18.2 Å². The number of hydrogen-bond acceptors (Lipinski definition) is 5. The van der Waals surface area contributed by atoms with Crippen molar-refractivity contribution in [2.24, 2.45) is 0 Å². The van der Waals surface area contributed by atoms with Gasteiger partial charge in [0.1, 0.15) is 4.83 Å². The van der Waals surface area contributed by atoms with Gasteiger partial charge in [-0.25, -0.2) is 4.98 Å². The number of H-pyrrole nitrogens is 1. The van der Waals surface area contributed by atoms with E-state index >= 15 is 0 Å². The van der Waals surface area contributed by atoms with Crippen molar-refractivity contribution in [2.45, 2.75) is 19.0 Å². The van der Waals surface area contributed by atoms with E-state index in [9.17, 15) is 9.59 Å². The SMILES string of the molecule is Cc1sc2nc(SCC(=O)Nc3cc(Cl)cc(Cl)c3)[nH]c(=O)c2c1C. The fourth-order valence-electron chi connectivity index (χ4n) is 2.26. The second-order valence-electron chi connectivity index (χ2n) is 5.33. The number of nitrogens with one attached hydrogen (secondary N) is 2. The van der Waals surface area contributed by atoms with E-state index in [2.05, 4.69) is 15.3 Å². The van der Waals surface area contributed by atoms with E-state index < -0.39 is 0 Å². The summed E-state index contributed by atoms with van der Waals surface area (Å²) in [5.74, 6) is -0.147. The number of aromatic nitrogens is 2. The van der Waals surface area contributed by atoms with Gasteiger partial charge in [0.15, 0.2) is 5.16 Å². The number of benzene rings is 1.